The molecule has 0 spiro atoms. The van der Waals surface area contributed by atoms with Gasteiger partial charge in [0.1, 0.15) is 16.6 Å². The molecule has 1 aromatic heterocycles. The number of ether oxygens (including phenoxy) is 1. The van der Waals surface area contributed by atoms with Crippen molar-refractivity contribution in [2.24, 2.45) is 0 Å². The van der Waals surface area contributed by atoms with E-state index < -0.39 is 0 Å². The SMILES string of the molecule is CCNc1ncnc(OCCCN(C)C)c1Br. The Morgan fingerprint density at radius 2 is 2.18 bits per heavy atom. The van der Waals surface area contributed by atoms with Crippen molar-refractivity contribution in [3.8, 4) is 5.88 Å². The number of hydrogen-bond acceptors (Lipinski definition) is 5. The van der Waals surface area contributed by atoms with Crippen molar-refractivity contribution in [3.63, 3.8) is 0 Å². The molecule has 6 heteroatoms. The van der Waals surface area contributed by atoms with E-state index in [4.69, 9.17) is 4.74 Å². The smallest absolute Gasteiger partial charge is 0.233 e. The monoisotopic (exact) mass is 302 g/mol. The lowest BCUT2D eigenvalue weighted by Gasteiger charge is -2.12. The molecule has 1 rings (SSSR count). The molecular formula is C11H19BrN4O. The third-order valence-electron chi connectivity index (χ3n) is 2.09. The standard InChI is InChI=1S/C11H19BrN4O/c1-4-13-10-9(12)11(15-8-14-10)17-7-5-6-16(2)3/h8H,4-7H2,1-3H3,(H,13,14,15). The Morgan fingerprint density at radius 3 is 2.82 bits per heavy atom. The Balaban J connectivity index is 2.50. The number of aromatic nitrogens is 2. The van der Waals surface area contributed by atoms with Crippen molar-refractivity contribution in [1.29, 1.82) is 0 Å². The summed E-state index contributed by atoms with van der Waals surface area (Å²) < 4.78 is 6.39. The normalized spacial score (nSPS) is 10.6. The van der Waals surface area contributed by atoms with Crippen molar-refractivity contribution in [1.82, 2.24) is 14.9 Å². The fourth-order valence-electron chi connectivity index (χ4n) is 1.29. The van der Waals surface area contributed by atoms with Gasteiger partial charge in [-0.3, -0.25) is 0 Å². The van der Waals surface area contributed by atoms with Crippen molar-refractivity contribution >= 4 is 21.7 Å². The van der Waals surface area contributed by atoms with Crippen LogP contribution in [0.1, 0.15) is 13.3 Å². The van der Waals surface area contributed by atoms with Crippen LogP contribution in [0.5, 0.6) is 5.88 Å². The van der Waals surface area contributed by atoms with Crippen molar-refractivity contribution < 1.29 is 4.74 Å². The van der Waals surface area contributed by atoms with E-state index in [1.165, 1.54) is 6.33 Å². The highest BCUT2D eigenvalue weighted by Gasteiger charge is 2.08. The minimum absolute atomic E-state index is 0.592. The first-order valence-electron chi connectivity index (χ1n) is 5.67. The Labute approximate surface area is 111 Å². The summed E-state index contributed by atoms with van der Waals surface area (Å²) in [6, 6.07) is 0. The molecular weight excluding hydrogens is 284 g/mol. The van der Waals surface area contributed by atoms with E-state index in [1.54, 1.807) is 0 Å². The molecule has 0 radical (unpaired) electrons. The molecule has 0 saturated heterocycles. The predicted octanol–water partition coefficient (Wildman–Crippen LogP) is 2.00. The number of nitrogens with zero attached hydrogens (tertiary/aromatic N) is 3. The number of nitrogens with one attached hydrogen (secondary N) is 1. The lowest BCUT2D eigenvalue weighted by molar-refractivity contribution is 0.271. The molecule has 1 N–H and O–H groups in total. The van der Waals surface area contributed by atoms with E-state index in [-0.39, 0.29) is 0 Å². The Kier molecular flexibility index (Phi) is 6.21. The predicted molar refractivity (Wildman–Crippen MR) is 72.6 cm³/mol. The minimum atomic E-state index is 0.592. The molecule has 0 saturated carbocycles. The maximum absolute atomic E-state index is 5.61. The number of anilines is 1. The first kappa shape index (κ1) is 14.2. The highest BCUT2D eigenvalue weighted by molar-refractivity contribution is 9.10. The third-order valence-corrected chi connectivity index (χ3v) is 2.80. The summed E-state index contributed by atoms with van der Waals surface area (Å²) in [5.74, 6) is 1.36. The molecule has 0 aliphatic carbocycles. The van der Waals surface area contributed by atoms with Crippen LogP contribution in [-0.4, -0.2) is 48.7 Å². The largest absolute Gasteiger partial charge is 0.477 e. The zero-order valence-electron chi connectivity index (χ0n) is 10.5. The zero-order chi connectivity index (χ0) is 12.7. The first-order valence-corrected chi connectivity index (χ1v) is 6.46. The second kappa shape index (κ2) is 7.45. The average molecular weight is 303 g/mol. The summed E-state index contributed by atoms with van der Waals surface area (Å²) in [6.45, 7) is 4.49. The fraction of sp³-hybridized carbons (Fsp3) is 0.636. The maximum Gasteiger partial charge on any atom is 0.233 e. The lowest BCUT2D eigenvalue weighted by Crippen LogP contribution is -2.16. The summed E-state index contributed by atoms with van der Waals surface area (Å²) in [6.07, 6.45) is 2.48. The molecule has 0 atom stereocenters. The molecule has 5 nitrogen and oxygen atoms in total. The summed E-state index contributed by atoms with van der Waals surface area (Å²) >= 11 is 3.44. The quantitative estimate of drug-likeness (QED) is 0.781. The van der Waals surface area contributed by atoms with Gasteiger partial charge in [0.2, 0.25) is 5.88 Å². The van der Waals surface area contributed by atoms with Gasteiger partial charge in [-0.2, -0.15) is 0 Å². The van der Waals surface area contributed by atoms with Gasteiger partial charge in [0, 0.05) is 13.1 Å². The van der Waals surface area contributed by atoms with Crippen LogP contribution < -0.4 is 10.1 Å². The van der Waals surface area contributed by atoms with Crippen LogP contribution in [0.3, 0.4) is 0 Å². The molecule has 0 fully saturated rings. The van der Waals surface area contributed by atoms with Gasteiger partial charge in [0.05, 0.1) is 6.61 Å². The van der Waals surface area contributed by atoms with Crippen molar-refractivity contribution in [3.05, 3.63) is 10.8 Å². The highest BCUT2D eigenvalue weighted by Crippen LogP contribution is 2.28. The number of hydrogen-bond donors (Lipinski definition) is 1. The van der Waals surface area contributed by atoms with Gasteiger partial charge in [-0.1, -0.05) is 0 Å². The van der Waals surface area contributed by atoms with Gasteiger partial charge in [-0.05, 0) is 43.4 Å². The van der Waals surface area contributed by atoms with Crippen LogP contribution in [0, 0.1) is 0 Å². The lowest BCUT2D eigenvalue weighted by atomic mass is 10.4. The number of halogens is 1. The van der Waals surface area contributed by atoms with Crippen LogP contribution in [-0.2, 0) is 0 Å². The molecule has 1 aromatic rings. The van der Waals surface area contributed by atoms with Gasteiger partial charge < -0.3 is 15.0 Å². The van der Waals surface area contributed by atoms with E-state index in [0.717, 1.165) is 29.8 Å². The van der Waals surface area contributed by atoms with Gasteiger partial charge in [-0.15, -0.1) is 0 Å². The van der Waals surface area contributed by atoms with Gasteiger partial charge >= 0.3 is 0 Å². The van der Waals surface area contributed by atoms with Gasteiger partial charge in [0.15, 0.2) is 0 Å². The molecule has 0 unspecified atom stereocenters. The first-order chi connectivity index (χ1) is 8.15. The van der Waals surface area contributed by atoms with E-state index in [9.17, 15) is 0 Å². The minimum Gasteiger partial charge on any atom is -0.477 e. The maximum atomic E-state index is 5.61. The Bertz CT molecular complexity index is 346. The second-order valence-electron chi connectivity index (χ2n) is 3.88. The van der Waals surface area contributed by atoms with Crippen LogP contribution in [0.15, 0.2) is 10.8 Å². The third kappa shape index (κ3) is 4.87. The molecule has 0 aromatic carbocycles. The molecule has 1 heterocycles. The molecule has 17 heavy (non-hydrogen) atoms. The molecule has 96 valence electrons. The molecule has 0 aliphatic heterocycles. The van der Waals surface area contributed by atoms with Crippen LogP contribution in [0.4, 0.5) is 5.82 Å². The highest BCUT2D eigenvalue weighted by atomic mass is 79.9. The summed E-state index contributed by atoms with van der Waals surface area (Å²) in [5, 5.41) is 3.14. The van der Waals surface area contributed by atoms with Crippen molar-refractivity contribution in [2.75, 3.05) is 39.1 Å². The van der Waals surface area contributed by atoms with Crippen LogP contribution >= 0.6 is 15.9 Å². The average Bonchev–Trinajstić information content (AvgIpc) is 2.29. The van der Waals surface area contributed by atoms with Crippen LogP contribution in [0.25, 0.3) is 0 Å². The van der Waals surface area contributed by atoms with Crippen molar-refractivity contribution in [2.45, 2.75) is 13.3 Å². The molecule has 0 amide bonds. The second-order valence-corrected chi connectivity index (χ2v) is 4.67. The summed E-state index contributed by atoms with van der Waals surface area (Å²) in [7, 11) is 4.09. The van der Waals surface area contributed by atoms with E-state index in [0.29, 0.717) is 12.5 Å². The fourth-order valence-corrected chi connectivity index (χ4v) is 1.75. The molecule has 0 aliphatic rings. The van der Waals surface area contributed by atoms with E-state index in [1.807, 2.05) is 21.0 Å². The molecule has 0 bridgehead atoms. The van der Waals surface area contributed by atoms with Gasteiger partial charge in [0.25, 0.3) is 0 Å². The Hall–Kier alpha value is -0.880. The number of rotatable bonds is 7. The van der Waals surface area contributed by atoms with E-state index >= 15 is 0 Å². The van der Waals surface area contributed by atoms with Crippen LogP contribution in [0.2, 0.25) is 0 Å². The summed E-state index contributed by atoms with van der Waals surface area (Å²) in [4.78, 5) is 10.4. The van der Waals surface area contributed by atoms with Gasteiger partial charge in [-0.25, -0.2) is 9.97 Å². The zero-order valence-corrected chi connectivity index (χ0v) is 12.1. The summed E-state index contributed by atoms with van der Waals surface area (Å²) in [5.41, 5.74) is 0. The Morgan fingerprint density at radius 1 is 1.41 bits per heavy atom. The van der Waals surface area contributed by atoms with E-state index in [2.05, 4.69) is 36.1 Å². The topological polar surface area (TPSA) is 50.3 Å².